The molecule has 104 valence electrons. The molecule has 3 heteroatoms. The highest BCUT2D eigenvalue weighted by molar-refractivity contribution is 5.28. The Kier molecular flexibility index (Phi) is 5.24. The third kappa shape index (κ3) is 4.35. The molecule has 1 unspecified atom stereocenters. The summed E-state index contributed by atoms with van der Waals surface area (Å²) in [6.07, 6.45) is 4.56. The van der Waals surface area contributed by atoms with Crippen LogP contribution in [0.25, 0.3) is 0 Å². The van der Waals surface area contributed by atoms with Crippen molar-refractivity contribution < 1.29 is 0 Å². The van der Waals surface area contributed by atoms with Gasteiger partial charge in [0.1, 0.15) is 0 Å². The molecule has 0 fully saturated rings. The quantitative estimate of drug-likeness (QED) is 0.772. The van der Waals surface area contributed by atoms with Crippen molar-refractivity contribution in [1.29, 1.82) is 0 Å². The molecular weight excluding hydrogens is 222 g/mol. The van der Waals surface area contributed by atoms with E-state index in [2.05, 4.69) is 62.6 Å². The summed E-state index contributed by atoms with van der Waals surface area (Å²) in [4.78, 5) is 4.57. The Hall–Kier alpha value is -0.990. The van der Waals surface area contributed by atoms with Crippen molar-refractivity contribution >= 4 is 5.95 Å². The first kappa shape index (κ1) is 15.1. The third-order valence-electron chi connectivity index (χ3n) is 3.66. The van der Waals surface area contributed by atoms with E-state index in [1.54, 1.807) is 0 Å². The molecule has 1 heterocycles. The summed E-state index contributed by atoms with van der Waals surface area (Å²) in [5.74, 6) is 1.65. The lowest BCUT2D eigenvalue weighted by atomic mass is 9.82. The van der Waals surface area contributed by atoms with Crippen molar-refractivity contribution in [3.05, 3.63) is 11.9 Å². The van der Waals surface area contributed by atoms with Crippen LogP contribution >= 0.6 is 0 Å². The van der Waals surface area contributed by atoms with Gasteiger partial charge in [0.15, 0.2) is 0 Å². The van der Waals surface area contributed by atoms with Gasteiger partial charge in [0.2, 0.25) is 5.95 Å². The van der Waals surface area contributed by atoms with E-state index < -0.39 is 0 Å². The molecule has 1 aromatic rings. The Morgan fingerprint density at radius 2 is 2.06 bits per heavy atom. The average molecular weight is 251 g/mol. The van der Waals surface area contributed by atoms with Gasteiger partial charge in [0.25, 0.3) is 0 Å². The number of aryl methyl sites for hydroxylation is 1. The molecule has 0 aliphatic rings. The second-order valence-corrected chi connectivity index (χ2v) is 6.41. The molecule has 0 saturated carbocycles. The van der Waals surface area contributed by atoms with E-state index in [0.717, 1.165) is 24.7 Å². The summed E-state index contributed by atoms with van der Waals surface area (Å²) in [5, 5.41) is 3.44. The molecule has 1 atom stereocenters. The SMILES string of the molecule is CCCCNc1nc(C)cn1CC(C)C(C)(C)C. The largest absolute Gasteiger partial charge is 0.356 e. The van der Waals surface area contributed by atoms with Gasteiger partial charge in [-0.05, 0) is 24.7 Å². The summed E-state index contributed by atoms with van der Waals surface area (Å²) >= 11 is 0. The molecule has 0 radical (unpaired) electrons. The van der Waals surface area contributed by atoms with Gasteiger partial charge >= 0.3 is 0 Å². The minimum atomic E-state index is 0.332. The zero-order valence-electron chi connectivity index (χ0n) is 12.9. The molecule has 18 heavy (non-hydrogen) atoms. The van der Waals surface area contributed by atoms with E-state index in [1.165, 1.54) is 12.8 Å². The molecule has 0 aliphatic carbocycles. The van der Waals surface area contributed by atoms with Crippen LogP contribution in [0.5, 0.6) is 0 Å². The molecule has 0 aromatic carbocycles. The number of nitrogens with zero attached hydrogens (tertiary/aromatic N) is 2. The Morgan fingerprint density at radius 1 is 1.39 bits per heavy atom. The fourth-order valence-electron chi connectivity index (χ4n) is 1.77. The van der Waals surface area contributed by atoms with Gasteiger partial charge < -0.3 is 9.88 Å². The van der Waals surface area contributed by atoms with Crippen molar-refractivity contribution in [2.75, 3.05) is 11.9 Å². The first-order valence-electron chi connectivity index (χ1n) is 7.12. The van der Waals surface area contributed by atoms with Crippen molar-refractivity contribution in [1.82, 2.24) is 9.55 Å². The number of hydrogen-bond acceptors (Lipinski definition) is 2. The highest BCUT2D eigenvalue weighted by Gasteiger charge is 2.21. The zero-order chi connectivity index (χ0) is 13.8. The van der Waals surface area contributed by atoms with Crippen LogP contribution in [0.1, 0.15) is 53.2 Å². The fraction of sp³-hybridized carbons (Fsp3) is 0.800. The maximum absolute atomic E-state index is 4.57. The normalized spacial score (nSPS) is 13.7. The Labute approximate surface area is 112 Å². The molecule has 0 spiro atoms. The van der Waals surface area contributed by atoms with E-state index in [1.807, 2.05) is 0 Å². The predicted octanol–water partition coefficient (Wildman–Crippen LogP) is 4.09. The molecule has 3 nitrogen and oxygen atoms in total. The van der Waals surface area contributed by atoms with Crippen molar-refractivity contribution in [3.8, 4) is 0 Å². The highest BCUT2D eigenvalue weighted by atomic mass is 15.2. The zero-order valence-corrected chi connectivity index (χ0v) is 12.9. The monoisotopic (exact) mass is 251 g/mol. The minimum Gasteiger partial charge on any atom is -0.356 e. The number of imidazole rings is 1. The first-order valence-corrected chi connectivity index (χ1v) is 7.12. The van der Waals surface area contributed by atoms with E-state index >= 15 is 0 Å². The Morgan fingerprint density at radius 3 is 2.61 bits per heavy atom. The predicted molar refractivity (Wildman–Crippen MR) is 79.0 cm³/mol. The van der Waals surface area contributed by atoms with Crippen LogP contribution in [0.2, 0.25) is 0 Å². The number of nitrogens with one attached hydrogen (secondary N) is 1. The number of anilines is 1. The van der Waals surface area contributed by atoms with Gasteiger partial charge in [0.05, 0.1) is 5.69 Å². The smallest absolute Gasteiger partial charge is 0.203 e. The van der Waals surface area contributed by atoms with Crippen LogP contribution < -0.4 is 5.32 Å². The second-order valence-electron chi connectivity index (χ2n) is 6.41. The number of aromatic nitrogens is 2. The first-order chi connectivity index (χ1) is 8.34. The summed E-state index contributed by atoms with van der Waals surface area (Å²) in [6, 6.07) is 0. The van der Waals surface area contributed by atoms with Crippen molar-refractivity contribution in [2.45, 2.75) is 60.9 Å². The summed E-state index contributed by atoms with van der Waals surface area (Å²) < 4.78 is 2.26. The van der Waals surface area contributed by atoms with Crippen LogP contribution in [0.3, 0.4) is 0 Å². The molecular formula is C15H29N3. The number of unbranched alkanes of at least 4 members (excludes halogenated alkanes) is 1. The maximum Gasteiger partial charge on any atom is 0.203 e. The molecule has 1 aromatic heterocycles. The van der Waals surface area contributed by atoms with Gasteiger partial charge in [-0.25, -0.2) is 4.98 Å². The van der Waals surface area contributed by atoms with Crippen molar-refractivity contribution in [2.24, 2.45) is 11.3 Å². The highest BCUT2D eigenvalue weighted by Crippen LogP contribution is 2.27. The van der Waals surface area contributed by atoms with E-state index in [4.69, 9.17) is 0 Å². The van der Waals surface area contributed by atoms with Crippen LogP contribution in [0.4, 0.5) is 5.95 Å². The fourth-order valence-corrected chi connectivity index (χ4v) is 1.77. The van der Waals surface area contributed by atoms with Crippen molar-refractivity contribution in [3.63, 3.8) is 0 Å². The van der Waals surface area contributed by atoms with Gasteiger partial charge in [-0.3, -0.25) is 0 Å². The molecule has 0 saturated heterocycles. The Bertz CT molecular complexity index is 360. The summed E-state index contributed by atoms with van der Waals surface area (Å²) in [7, 11) is 0. The number of rotatable bonds is 6. The lowest BCUT2D eigenvalue weighted by molar-refractivity contribution is 0.233. The average Bonchev–Trinajstić information content (AvgIpc) is 2.58. The lowest BCUT2D eigenvalue weighted by Gasteiger charge is -2.28. The maximum atomic E-state index is 4.57. The lowest BCUT2D eigenvalue weighted by Crippen LogP contribution is -2.23. The minimum absolute atomic E-state index is 0.332. The van der Waals surface area contributed by atoms with Crippen LogP contribution in [0, 0.1) is 18.3 Å². The molecule has 1 rings (SSSR count). The van der Waals surface area contributed by atoms with Crippen LogP contribution in [-0.2, 0) is 6.54 Å². The molecule has 0 bridgehead atoms. The molecule has 0 aliphatic heterocycles. The van der Waals surface area contributed by atoms with Crippen LogP contribution in [0.15, 0.2) is 6.20 Å². The summed E-state index contributed by atoms with van der Waals surface area (Å²) in [6.45, 7) is 15.5. The summed E-state index contributed by atoms with van der Waals surface area (Å²) in [5.41, 5.74) is 1.42. The van der Waals surface area contributed by atoms with E-state index in [-0.39, 0.29) is 0 Å². The van der Waals surface area contributed by atoms with E-state index in [9.17, 15) is 0 Å². The molecule has 1 N–H and O–H groups in total. The topological polar surface area (TPSA) is 29.9 Å². The van der Waals surface area contributed by atoms with Gasteiger partial charge in [-0.15, -0.1) is 0 Å². The van der Waals surface area contributed by atoms with Gasteiger partial charge in [-0.1, -0.05) is 41.0 Å². The number of hydrogen-bond donors (Lipinski definition) is 1. The standard InChI is InChI=1S/C15H29N3/c1-7-8-9-16-14-17-13(3)11-18(14)10-12(2)15(4,5)6/h11-12H,7-10H2,1-6H3,(H,16,17). The Balaban J connectivity index is 2.69. The molecule has 0 amide bonds. The van der Waals surface area contributed by atoms with Gasteiger partial charge in [0, 0.05) is 19.3 Å². The van der Waals surface area contributed by atoms with E-state index in [0.29, 0.717) is 11.3 Å². The van der Waals surface area contributed by atoms with Gasteiger partial charge in [-0.2, -0.15) is 0 Å². The second kappa shape index (κ2) is 6.26. The third-order valence-corrected chi connectivity index (χ3v) is 3.66. The van der Waals surface area contributed by atoms with Crippen LogP contribution in [-0.4, -0.2) is 16.1 Å².